The fourth-order valence-electron chi connectivity index (χ4n) is 2.55. The van der Waals surface area contributed by atoms with Crippen LogP contribution in [-0.4, -0.2) is 11.9 Å². The van der Waals surface area contributed by atoms with E-state index < -0.39 is 0 Å². The van der Waals surface area contributed by atoms with Crippen molar-refractivity contribution in [1.29, 1.82) is 10.8 Å². The summed E-state index contributed by atoms with van der Waals surface area (Å²) in [4.78, 5) is 0. The van der Waals surface area contributed by atoms with E-state index in [4.69, 9.17) is 40.0 Å². The van der Waals surface area contributed by atoms with Gasteiger partial charge in [-0.25, -0.2) is 0 Å². The SMILES string of the molecule is N=C(N)Nc1ccc(-c2ccc(-c3ccc(-c4ccc(NC(=N)N)o4)o3)o2)o1. The third kappa shape index (κ3) is 3.46. The predicted octanol–water partition coefficient (Wildman–Crippen LogP) is 3.67. The first-order valence-electron chi connectivity index (χ1n) is 8.10. The highest BCUT2D eigenvalue weighted by molar-refractivity contribution is 5.89. The first-order valence-corrected chi connectivity index (χ1v) is 8.10. The van der Waals surface area contributed by atoms with E-state index >= 15 is 0 Å². The quantitative estimate of drug-likeness (QED) is 0.224. The molecule has 0 spiro atoms. The summed E-state index contributed by atoms with van der Waals surface area (Å²) in [6, 6.07) is 13.7. The highest BCUT2D eigenvalue weighted by atomic mass is 16.4. The normalized spacial score (nSPS) is 10.7. The maximum Gasteiger partial charge on any atom is 0.200 e. The van der Waals surface area contributed by atoms with E-state index in [2.05, 4.69) is 10.6 Å². The number of nitrogens with two attached hydrogens (primary N) is 2. The molecular formula is C18H16N6O4. The average molecular weight is 380 g/mol. The summed E-state index contributed by atoms with van der Waals surface area (Å²) in [6.45, 7) is 0. The van der Waals surface area contributed by atoms with Crippen LogP contribution < -0.4 is 22.1 Å². The second-order valence-electron chi connectivity index (χ2n) is 5.73. The molecule has 0 fully saturated rings. The molecule has 0 bridgehead atoms. The van der Waals surface area contributed by atoms with Gasteiger partial charge in [0.15, 0.2) is 58.2 Å². The highest BCUT2D eigenvalue weighted by Gasteiger charge is 2.15. The topological polar surface area (TPSA) is 176 Å². The molecule has 0 saturated carbocycles. The monoisotopic (exact) mass is 380 g/mol. The van der Waals surface area contributed by atoms with E-state index in [-0.39, 0.29) is 11.9 Å². The van der Waals surface area contributed by atoms with Gasteiger partial charge in [0.2, 0.25) is 0 Å². The minimum atomic E-state index is -0.219. The van der Waals surface area contributed by atoms with Gasteiger partial charge in [-0.1, -0.05) is 0 Å². The molecule has 4 heterocycles. The molecule has 4 rings (SSSR count). The van der Waals surface area contributed by atoms with Gasteiger partial charge in [0, 0.05) is 12.1 Å². The first kappa shape index (κ1) is 17.1. The van der Waals surface area contributed by atoms with Crippen molar-refractivity contribution in [2.75, 3.05) is 10.6 Å². The summed E-state index contributed by atoms with van der Waals surface area (Å²) in [5.41, 5.74) is 10.6. The Morgan fingerprint density at radius 1 is 0.536 bits per heavy atom. The zero-order valence-corrected chi connectivity index (χ0v) is 14.4. The largest absolute Gasteiger partial charge is 0.450 e. The minimum Gasteiger partial charge on any atom is -0.450 e. The minimum absolute atomic E-state index is 0.219. The molecule has 10 nitrogen and oxygen atoms in total. The van der Waals surface area contributed by atoms with Crippen LogP contribution in [0.2, 0.25) is 0 Å². The Morgan fingerprint density at radius 2 is 0.821 bits per heavy atom. The van der Waals surface area contributed by atoms with Crippen LogP contribution in [0.3, 0.4) is 0 Å². The molecule has 142 valence electrons. The van der Waals surface area contributed by atoms with Gasteiger partial charge in [-0.3, -0.25) is 21.5 Å². The molecule has 10 heteroatoms. The zero-order chi connectivity index (χ0) is 19.7. The Morgan fingerprint density at radius 3 is 1.14 bits per heavy atom. The maximum atomic E-state index is 7.21. The van der Waals surface area contributed by atoms with Crippen molar-refractivity contribution in [3.63, 3.8) is 0 Å². The van der Waals surface area contributed by atoms with Gasteiger partial charge in [-0.05, 0) is 36.4 Å². The number of rotatable bonds is 5. The van der Waals surface area contributed by atoms with Crippen molar-refractivity contribution < 1.29 is 17.7 Å². The number of hydrogen-bond donors (Lipinski definition) is 6. The van der Waals surface area contributed by atoms with Crippen LogP contribution >= 0.6 is 0 Å². The molecule has 0 radical (unpaired) electrons. The lowest BCUT2D eigenvalue weighted by atomic mass is 10.3. The zero-order valence-electron chi connectivity index (χ0n) is 14.4. The molecule has 28 heavy (non-hydrogen) atoms. The smallest absolute Gasteiger partial charge is 0.200 e. The Labute approximate surface area is 158 Å². The molecule has 0 amide bonds. The lowest BCUT2D eigenvalue weighted by molar-refractivity contribution is 0.506. The number of guanidine groups is 2. The van der Waals surface area contributed by atoms with E-state index in [0.29, 0.717) is 46.3 Å². The summed E-state index contributed by atoms with van der Waals surface area (Å²) in [5.74, 6) is 3.21. The molecule has 0 unspecified atom stereocenters. The maximum absolute atomic E-state index is 7.21. The number of furan rings is 4. The summed E-state index contributed by atoms with van der Waals surface area (Å²) in [7, 11) is 0. The Balaban J connectivity index is 1.53. The number of nitrogens with one attached hydrogen (secondary N) is 4. The third-order valence-corrected chi connectivity index (χ3v) is 3.67. The van der Waals surface area contributed by atoms with Crippen LogP contribution in [-0.2, 0) is 0 Å². The van der Waals surface area contributed by atoms with E-state index in [1.165, 1.54) is 0 Å². The first-order chi connectivity index (χ1) is 13.5. The van der Waals surface area contributed by atoms with Gasteiger partial charge in [0.05, 0.1) is 0 Å². The van der Waals surface area contributed by atoms with Crippen LogP contribution in [0.1, 0.15) is 0 Å². The molecule has 0 aliphatic rings. The Kier molecular flexibility index (Phi) is 4.13. The molecular weight excluding hydrogens is 364 g/mol. The Hall–Kier alpha value is -4.34. The van der Waals surface area contributed by atoms with Crippen LogP contribution in [0, 0.1) is 10.8 Å². The second-order valence-corrected chi connectivity index (χ2v) is 5.73. The third-order valence-electron chi connectivity index (χ3n) is 3.67. The van der Waals surface area contributed by atoms with Crippen molar-refractivity contribution in [3.05, 3.63) is 48.5 Å². The van der Waals surface area contributed by atoms with Crippen molar-refractivity contribution in [3.8, 4) is 34.6 Å². The molecule has 0 atom stereocenters. The summed E-state index contributed by atoms with van der Waals surface area (Å²) >= 11 is 0. The second kappa shape index (κ2) is 6.76. The summed E-state index contributed by atoms with van der Waals surface area (Å²) < 4.78 is 22.7. The van der Waals surface area contributed by atoms with Crippen molar-refractivity contribution in [2.45, 2.75) is 0 Å². The van der Waals surface area contributed by atoms with Crippen LogP contribution in [0.4, 0.5) is 11.8 Å². The van der Waals surface area contributed by atoms with E-state index in [1.54, 1.807) is 48.5 Å². The molecule has 0 aliphatic heterocycles. The van der Waals surface area contributed by atoms with Gasteiger partial charge in [0.1, 0.15) is 0 Å². The Bertz CT molecular complexity index is 1060. The van der Waals surface area contributed by atoms with Crippen LogP contribution in [0.5, 0.6) is 0 Å². The lowest BCUT2D eigenvalue weighted by Crippen LogP contribution is -2.19. The fourth-order valence-corrected chi connectivity index (χ4v) is 2.55. The van der Waals surface area contributed by atoms with Gasteiger partial charge < -0.3 is 29.1 Å². The highest BCUT2D eigenvalue weighted by Crippen LogP contribution is 2.34. The van der Waals surface area contributed by atoms with Gasteiger partial charge >= 0.3 is 0 Å². The van der Waals surface area contributed by atoms with Gasteiger partial charge in [-0.15, -0.1) is 0 Å². The van der Waals surface area contributed by atoms with Crippen molar-refractivity contribution in [1.82, 2.24) is 0 Å². The van der Waals surface area contributed by atoms with E-state index in [9.17, 15) is 0 Å². The molecule has 8 N–H and O–H groups in total. The van der Waals surface area contributed by atoms with Gasteiger partial charge in [0.25, 0.3) is 0 Å². The van der Waals surface area contributed by atoms with Crippen LogP contribution in [0.25, 0.3) is 34.6 Å². The fraction of sp³-hybridized carbons (Fsp3) is 0. The summed E-state index contributed by atoms with van der Waals surface area (Å²) in [5, 5.41) is 19.6. The molecule has 4 aromatic rings. The van der Waals surface area contributed by atoms with E-state index in [0.717, 1.165) is 0 Å². The van der Waals surface area contributed by atoms with Crippen LogP contribution in [0.15, 0.2) is 66.2 Å². The lowest BCUT2D eigenvalue weighted by Gasteiger charge is -1.97. The van der Waals surface area contributed by atoms with Crippen molar-refractivity contribution >= 4 is 23.7 Å². The standard InChI is InChI=1S/C18H16N6O4/c19-17(20)23-15-7-5-13(27-15)11-3-1-9(25-11)10-2-4-12(26-10)14-6-8-16(28-14)24-18(21)22/h1-8H,(H4,19,20,23)(H4,21,22,24). The van der Waals surface area contributed by atoms with Crippen molar-refractivity contribution in [2.24, 2.45) is 11.5 Å². The molecule has 4 aromatic heterocycles. The summed E-state index contributed by atoms with van der Waals surface area (Å²) in [6.07, 6.45) is 0. The van der Waals surface area contributed by atoms with Gasteiger partial charge in [-0.2, -0.15) is 0 Å². The number of anilines is 2. The molecule has 0 saturated heterocycles. The number of hydrogen-bond acceptors (Lipinski definition) is 6. The van der Waals surface area contributed by atoms with E-state index in [1.807, 2.05) is 0 Å². The molecule has 0 aromatic carbocycles. The average Bonchev–Trinajstić information content (AvgIpc) is 3.40. The predicted molar refractivity (Wildman–Crippen MR) is 103 cm³/mol. The molecule has 0 aliphatic carbocycles.